The van der Waals surface area contributed by atoms with Crippen LogP contribution in [-0.4, -0.2) is 11.5 Å². The lowest BCUT2D eigenvalue weighted by atomic mass is 10.2. The standard InChI is InChI=1S/C12H20N2S/c1-5-6-7-8-13-9(2)12-10(3)14-11(4)15-12/h5,9,13H,1,6-8H2,2-4H3. The average molecular weight is 224 g/mol. The Labute approximate surface area is 96.4 Å². The molecule has 1 heterocycles. The lowest BCUT2D eigenvalue weighted by molar-refractivity contribution is 0.565. The molecule has 2 nitrogen and oxygen atoms in total. The van der Waals surface area contributed by atoms with Crippen molar-refractivity contribution < 1.29 is 0 Å². The average Bonchev–Trinajstić information content (AvgIpc) is 2.52. The normalized spacial score (nSPS) is 12.7. The van der Waals surface area contributed by atoms with E-state index in [1.165, 1.54) is 10.6 Å². The molecular formula is C12H20N2S. The number of hydrogen-bond acceptors (Lipinski definition) is 3. The van der Waals surface area contributed by atoms with Crippen molar-refractivity contribution in [1.82, 2.24) is 10.3 Å². The van der Waals surface area contributed by atoms with Gasteiger partial charge in [0, 0.05) is 10.9 Å². The third-order valence-electron chi connectivity index (χ3n) is 2.37. The van der Waals surface area contributed by atoms with E-state index in [1.54, 1.807) is 11.3 Å². The molecule has 0 aliphatic heterocycles. The molecule has 1 aromatic rings. The zero-order valence-corrected chi connectivity index (χ0v) is 10.7. The van der Waals surface area contributed by atoms with E-state index < -0.39 is 0 Å². The van der Waals surface area contributed by atoms with Crippen molar-refractivity contribution in [3.63, 3.8) is 0 Å². The molecule has 0 aliphatic rings. The minimum Gasteiger partial charge on any atom is -0.309 e. The second-order valence-electron chi connectivity index (χ2n) is 3.79. The molecule has 0 radical (unpaired) electrons. The topological polar surface area (TPSA) is 24.9 Å². The summed E-state index contributed by atoms with van der Waals surface area (Å²) in [6, 6.07) is 0.418. The van der Waals surface area contributed by atoms with E-state index in [4.69, 9.17) is 0 Å². The highest BCUT2D eigenvalue weighted by Gasteiger charge is 2.11. The van der Waals surface area contributed by atoms with Crippen molar-refractivity contribution >= 4 is 11.3 Å². The lowest BCUT2D eigenvalue weighted by Crippen LogP contribution is -2.19. The molecule has 1 unspecified atom stereocenters. The van der Waals surface area contributed by atoms with Gasteiger partial charge in [-0.3, -0.25) is 0 Å². The largest absolute Gasteiger partial charge is 0.309 e. The number of allylic oxidation sites excluding steroid dienone is 1. The predicted molar refractivity (Wildman–Crippen MR) is 67.4 cm³/mol. The van der Waals surface area contributed by atoms with E-state index in [0.29, 0.717) is 6.04 Å². The minimum absolute atomic E-state index is 0.418. The van der Waals surface area contributed by atoms with Crippen molar-refractivity contribution in [2.45, 2.75) is 39.7 Å². The van der Waals surface area contributed by atoms with Crippen LogP contribution < -0.4 is 5.32 Å². The minimum atomic E-state index is 0.418. The monoisotopic (exact) mass is 224 g/mol. The van der Waals surface area contributed by atoms with Crippen LogP contribution in [0.25, 0.3) is 0 Å². The van der Waals surface area contributed by atoms with Gasteiger partial charge in [0.2, 0.25) is 0 Å². The van der Waals surface area contributed by atoms with Crippen LogP contribution in [0.2, 0.25) is 0 Å². The lowest BCUT2D eigenvalue weighted by Gasteiger charge is -2.11. The van der Waals surface area contributed by atoms with Gasteiger partial charge in [0.05, 0.1) is 10.7 Å². The molecule has 0 bridgehead atoms. The van der Waals surface area contributed by atoms with Gasteiger partial charge in [-0.15, -0.1) is 17.9 Å². The van der Waals surface area contributed by atoms with Gasteiger partial charge in [0.1, 0.15) is 0 Å². The molecule has 0 fully saturated rings. The van der Waals surface area contributed by atoms with Crippen LogP contribution in [0.4, 0.5) is 0 Å². The molecular weight excluding hydrogens is 204 g/mol. The van der Waals surface area contributed by atoms with Gasteiger partial charge in [0.25, 0.3) is 0 Å². The van der Waals surface area contributed by atoms with E-state index in [2.05, 4.69) is 37.7 Å². The highest BCUT2D eigenvalue weighted by Crippen LogP contribution is 2.24. The van der Waals surface area contributed by atoms with E-state index in [9.17, 15) is 0 Å². The van der Waals surface area contributed by atoms with Gasteiger partial charge >= 0.3 is 0 Å². The molecule has 1 atom stereocenters. The summed E-state index contributed by atoms with van der Waals surface area (Å²) in [5.41, 5.74) is 1.17. The fourth-order valence-corrected chi connectivity index (χ4v) is 2.56. The molecule has 84 valence electrons. The fourth-order valence-electron chi connectivity index (χ4n) is 1.61. The predicted octanol–water partition coefficient (Wildman–Crippen LogP) is 3.38. The first kappa shape index (κ1) is 12.4. The Balaban J connectivity index is 2.42. The molecule has 1 aromatic heterocycles. The van der Waals surface area contributed by atoms with Crippen LogP contribution in [0.3, 0.4) is 0 Å². The van der Waals surface area contributed by atoms with Crippen molar-refractivity contribution in [2.24, 2.45) is 0 Å². The van der Waals surface area contributed by atoms with E-state index in [1.807, 2.05) is 6.08 Å². The number of nitrogens with zero attached hydrogens (tertiary/aromatic N) is 1. The second-order valence-corrected chi connectivity index (χ2v) is 5.02. The van der Waals surface area contributed by atoms with Gasteiger partial charge in [-0.1, -0.05) is 6.08 Å². The maximum Gasteiger partial charge on any atom is 0.0900 e. The van der Waals surface area contributed by atoms with E-state index in [-0.39, 0.29) is 0 Å². The smallest absolute Gasteiger partial charge is 0.0900 e. The van der Waals surface area contributed by atoms with Crippen LogP contribution in [0, 0.1) is 13.8 Å². The van der Waals surface area contributed by atoms with Crippen LogP contribution in [-0.2, 0) is 0 Å². The van der Waals surface area contributed by atoms with Gasteiger partial charge in [-0.05, 0) is 40.2 Å². The Morgan fingerprint density at radius 2 is 2.27 bits per heavy atom. The third kappa shape index (κ3) is 3.76. The quantitative estimate of drug-likeness (QED) is 0.592. The molecule has 0 spiro atoms. The van der Waals surface area contributed by atoms with E-state index in [0.717, 1.165) is 24.4 Å². The second kappa shape index (κ2) is 6.03. The van der Waals surface area contributed by atoms with Crippen LogP contribution >= 0.6 is 11.3 Å². The highest BCUT2D eigenvalue weighted by molar-refractivity contribution is 7.11. The Kier molecular flexibility index (Phi) is 4.99. The number of aryl methyl sites for hydroxylation is 2. The maximum atomic E-state index is 4.44. The Bertz CT molecular complexity index is 317. The van der Waals surface area contributed by atoms with Gasteiger partial charge in [-0.25, -0.2) is 4.98 Å². The first-order valence-electron chi connectivity index (χ1n) is 5.43. The summed E-state index contributed by atoms with van der Waals surface area (Å²) in [7, 11) is 0. The number of aromatic nitrogens is 1. The van der Waals surface area contributed by atoms with Crippen molar-refractivity contribution in [3.05, 3.63) is 28.2 Å². The molecule has 0 saturated carbocycles. The third-order valence-corrected chi connectivity index (χ3v) is 3.62. The van der Waals surface area contributed by atoms with Gasteiger partial charge < -0.3 is 5.32 Å². The molecule has 0 saturated heterocycles. The van der Waals surface area contributed by atoms with Crippen molar-refractivity contribution in [3.8, 4) is 0 Å². The van der Waals surface area contributed by atoms with Crippen molar-refractivity contribution in [2.75, 3.05) is 6.54 Å². The first-order chi connectivity index (χ1) is 7.15. The van der Waals surface area contributed by atoms with Crippen LogP contribution in [0.1, 0.15) is 41.4 Å². The first-order valence-corrected chi connectivity index (χ1v) is 6.25. The summed E-state index contributed by atoms with van der Waals surface area (Å²) in [6.07, 6.45) is 4.21. The summed E-state index contributed by atoms with van der Waals surface area (Å²) in [4.78, 5) is 5.81. The Morgan fingerprint density at radius 1 is 1.53 bits per heavy atom. The SMILES string of the molecule is C=CCCCNC(C)c1sc(C)nc1C. The molecule has 1 rings (SSSR count). The molecule has 15 heavy (non-hydrogen) atoms. The van der Waals surface area contributed by atoms with Crippen molar-refractivity contribution in [1.29, 1.82) is 0 Å². The summed E-state index contributed by atoms with van der Waals surface area (Å²) in [5.74, 6) is 0. The molecule has 1 N–H and O–H groups in total. The number of unbranched alkanes of at least 4 members (excludes halogenated alkanes) is 1. The summed E-state index contributed by atoms with van der Waals surface area (Å²) in [6.45, 7) is 11.1. The number of thiazole rings is 1. The molecule has 0 aliphatic carbocycles. The Hall–Kier alpha value is -0.670. The zero-order chi connectivity index (χ0) is 11.3. The molecule has 0 aromatic carbocycles. The maximum absolute atomic E-state index is 4.44. The summed E-state index contributed by atoms with van der Waals surface area (Å²) in [5, 5.41) is 4.67. The van der Waals surface area contributed by atoms with Crippen LogP contribution in [0.15, 0.2) is 12.7 Å². The summed E-state index contributed by atoms with van der Waals surface area (Å²) >= 11 is 1.79. The fraction of sp³-hybridized carbons (Fsp3) is 0.583. The summed E-state index contributed by atoms with van der Waals surface area (Å²) < 4.78 is 0. The Morgan fingerprint density at radius 3 is 2.80 bits per heavy atom. The van der Waals surface area contributed by atoms with Gasteiger partial charge in [-0.2, -0.15) is 0 Å². The zero-order valence-electron chi connectivity index (χ0n) is 9.84. The number of hydrogen-bond donors (Lipinski definition) is 1. The number of nitrogens with one attached hydrogen (secondary N) is 1. The van der Waals surface area contributed by atoms with Gasteiger partial charge in [0.15, 0.2) is 0 Å². The van der Waals surface area contributed by atoms with E-state index >= 15 is 0 Å². The highest BCUT2D eigenvalue weighted by atomic mass is 32.1. The molecule has 3 heteroatoms. The van der Waals surface area contributed by atoms with Crippen LogP contribution in [0.5, 0.6) is 0 Å². The molecule has 0 amide bonds. The number of rotatable bonds is 6.